The van der Waals surface area contributed by atoms with E-state index in [-0.39, 0.29) is 16.4 Å². The third kappa shape index (κ3) is 2.14. The molecule has 1 aliphatic rings. The van der Waals surface area contributed by atoms with Crippen molar-refractivity contribution in [3.8, 4) is 0 Å². The fourth-order valence-electron chi connectivity index (χ4n) is 2.28. The molecule has 2 aromatic rings. The summed E-state index contributed by atoms with van der Waals surface area (Å²) < 4.78 is 0. The molecule has 0 bridgehead atoms. The van der Waals surface area contributed by atoms with Crippen LogP contribution < -0.4 is 5.32 Å². The molecule has 0 unspecified atom stereocenters. The molecule has 1 aromatic heterocycles. The maximum absolute atomic E-state index is 12.0. The van der Waals surface area contributed by atoms with Gasteiger partial charge in [-0.1, -0.05) is 30.3 Å². The maximum Gasteiger partial charge on any atom is 0.238 e. The number of aryl methyl sites for hydroxylation is 1. The number of thioether (sulfide) groups is 1. The highest BCUT2D eigenvalue weighted by atomic mass is 32.2. The van der Waals surface area contributed by atoms with Crippen LogP contribution in [0.4, 0.5) is 5.82 Å². The Labute approximate surface area is 116 Å². The highest BCUT2D eigenvalue weighted by molar-refractivity contribution is 8.01. The highest BCUT2D eigenvalue weighted by Crippen LogP contribution is 2.44. The van der Waals surface area contributed by atoms with Gasteiger partial charge in [0.05, 0.1) is 10.5 Å². The second-order valence-corrected chi connectivity index (χ2v) is 6.12. The number of H-pyrrole nitrogens is 1. The molecule has 98 valence electrons. The third-order valence-electron chi connectivity index (χ3n) is 3.31. The van der Waals surface area contributed by atoms with Gasteiger partial charge in [-0.05, 0) is 19.4 Å². The van der Waals surface area contributed by atoms with E-state index < -0.39 is 0 Å². The molecule has 0 spiro atoms. The minimum atomic E-state index is -0.0983. The van der Waals surface area contributed by atoms with Crippen molar-refractivity contribution >= 4 is 23.5 Å². The van der Waals surface area contributed by atoms with Crippen LogP contribution in [0.15, 0.2) is 30.3 Å². The number of rotatable bonds is 1. The van der Waals surface area contributed by atoms with Crippen LogP contribution in [-0.4, -0.2) is 21.4 Å². The molecule has 3 rings (SSSR count). The zero-order valence-electron chi connectivity index (χ0n) is 10.8. The van der Waals surface area contributed by atoms with Crippen molar-refractivity contribution < 1.29 is 4.79 Å². The average molecular weight is 273 g/mol. The Balaban J connectivity index is 2.12. The lowest BCUT2D eigenvalue weighted by Crippen LogP contribution is -2.21. The molecular formula is C14H15N3OS. The average Bonchev–Trinajstić information content (AvgIpc) is 2.71. The second-order valence-electron chi connectivity index (χ2n) is 4.67. The third-order valence-corrected chi connectivity index (χ3v) is 4.71. The normalized spacial score (nSPS) is 22.5. The first-order valence-electron chi connectivity index (χ1n) is 6.23. The number of hydrogen-bond acceptors (Lipinski definition) is 3. The smallest absolute Gasteiger partial charge is 0.238 e. The van der Waals surface area contributed by atoms with Crippen molar-refractivity contribution in [3.05, 3.63) is 47.2 Å². The van der Waals surface area contributed by atoms with Gasteiger partial charge in [0.15, 0.2) is 5.82 Å². The van der Waals surface area contributed by atoms with Gasteiger partial charge in [-0.15, -0.1) is 11.8 Å². The van der Waals surface area contributed by atoms with Crippen LogP contribution in [0.1, 0.15) is 29.0 Å². The molecule has 0 saturated carbocycles. The lowest BCUT2D eigenvalue weighted by Gasteiger charge is -2.17. The van der Waals surface area contributed by atoms with E-state index in [4.69, 9.17) is 0 Å². The number of aromatic amines is 1. The fourth-order valence-corrected chi connectivity index (χ4v) is 3.61. The Morgan fingerprint density at radius 3 is 2.74 bits per heavy atom. The van der Waals surface area contributed by atoms with Crippen molar-refractivity contribution in [2.24, 2.45) is 0 Å². The molecular weight excluding hydrogens is 258 g/mol. The summed E-state index contributed by atoms with van der Waals surface area (Å²) in [5.41, 5.74) is 3.28. The summed E-state index contributed by atoms with van der Waals surface area (Å²) in [5.74, 6) is 0.671. The van der Waals surface area contributed by atoms with Crippen molar-refractivity contribution in [2.75, 3.05) is 5.32 Å². The Bertz CT molecular complexity index is 608. The maximum atomic E-state index is 12.0. The Morgan fingerprint density at radius 2 is 2.00 bits per heavy atom. The van der Waals surface area contributed by atoms with E-state index in [1.807, 2.05) is 32.0 Å². The van der Waals surface area contributed by atoms with Gasteiger partial charge in [-0.2, -0.15) is 5.10 Å². The van der Waals surface area contributed by atoms with Crippen LogP contribution in [-0.2, 0) is 4.79 Å². The number of hydrogen-bond donors (Lipinski definition) is 2. The van der Waals surface area contributed by atoms with E-state index in [2.05, 4.69) is 27.6 Å². The Kier molecular flexibility index (Phi) is 3.06. The quantitative estimate of drug-likeness (QED) is 0.840. The van der Waals surface area contributed by atoms with Crippen LogP contribution in [0, 0.1) is 6.92 Å². The molecule has 0 fully saturated rings. The SMILES string of the molecule is Cc1[nH]nc2c1[C@H](c1ccccc1)S[C@@H](C)C(=O)N2. The number of nitrogens with one attached hydrogen (secondary N) is 2. The molecule has 4 nitrogen and oxygen atoms in total. The summed E-state index contributed by atoms with van der Waals surface area (Å²) in [4.78, 5) is 12.0. The summed E-state index contributed by atoms with van der Waals surface area (Å²) in [7, 11) is 0. The molecule has 19 heavy (non-hydrogen) atoms. The van der Waals surface area contributed by atoms with Gasteiger partial charge < -0.3 is 5.32 Å². The Morgan fingerprint density at radius 1 is 1.26 bits per heavy atom. The van der Waals surface area contributed by atoms with Crippen LogP contribution in [0.2, 0.25) is 0 Å². The van der Waals surface area contributed by atoms with Gasteiger partial charge in [0.25, 0.3) is 0 Å². The predicted molar refractivity (Wildman–Crippen MR) is 77.3 cm³/mol. The van der Waals surface area contributed by atoms with Crippen molar-refractivity contribution in [3.63, 3.8) is 0 Å². The van der Waals surface area contributed by atoms with Gasteiger partial charge in [0.1, 0.15) is 0 Å². The summed E-state index contributed by atoms with van der Waals surface area (Å²) >= 11 is 1.66. The topological polar surface area (TPSA) is 57.8 Å². The molecule has 0 aliphatic carbocycles. The van der Waals surface area contributed by atoms with Gasteiger partial charge in [0.2, 0.25) is 5.91 Å². The Hall–Kier alpha value is -1.75. The molecule has 2 N–H and O–H groups in total. The monoisotopic (exact) mass is 273 g/mol. The van der Waals surface area contributed by atoms with Crippen LogP contribution in [0.5, 0.6) is 0 Å². The van der Waals surface area contributed by atoms with Gasteiger partial charge in [0, 0.05) is 11.3 Å². The first kappa shape index (κ1) is 12.3. The molecule has 0 radical (unpaired) electrons. The minimum absolute atomic E-state index is 0.0104. The minimum Gasteiger partial charge on any atom is -0.308 e. The van der Waals surface area contributed by atoms with Crippen LogP contribution in [0.3, 0.4) is 0 Å². The number of carbonyl (C=O) groups excluding carboxylic acids is 1. The first-order valence-corrected chi connectivity index (χ1v) is 7.17. The molecule has 0 saturated heterocycles. The van der Waals surface area contributed by atoms with E-state index >= 15 is 0 Å². The van der Waals surface area contributed by atoms with Gasteiger partial charge in [-0.3, -0.25) is 9.89 Å². The standard InChI is InChI=1S/C14H15N3OS/c1-8-11-12(10-6-4-3-5-7-10)19-9(2)14(18)15-13(11)17-16-8/h3-7,9,12H,1-2H3,(H2,15,16,17,18)/t9-,12-/m0/s1. The molecule has 1 amide bonds. The summed E-state index contributed by atoms with van der Waals surface area (Å²) in [6.45, 7) is 3.92. The lowest BCUT2D eigenvalue weighted by molar-refractivity contribution is -0.115. The van der Waals surface area contributed by atoms with E-state index in [0.29, 0.717) is 5.82 Å². The van der Waals surface area contributed by atoms with E-state index in [9.17, 15) is 4.79 Å². The number of fused-ring (bicyclic) bond motifs is 1. The summed E-state index contributed by atoms with van der Waals surface area (Å²) in [6.07, 6.45) is 0. The highest BCUT2D eigenvalue weighted by Gasteiger charge is 2.31. The second kappa shape index (κ2) is 4.74. The van der Waals surface area contributed by atoms with E-state index in [1.165, 1.54) is 5.56 Å². The number of benzene rings is 1. The largest absolute Gasteiger partial charge is 0.308 e. The predicted octanol–water partition coefficient (Wildman–Crippen LogP) is 2.88. The number of aromatic nitrogens is 2. The lowest BCUT2D eigenvalue weighted by atomic mass is 10.0. The fraction of sp³-hybridized carbons (Fsp3) is 0.286. The number of carbonyl (C=O) groups is 1. The summed E-state index contributed by atoms with van der Waals surface area (Å²) in [5, 5.41) is 10.1. The number of nitrogens with zero attached hydrogens (tertiary/aromatic N) is 1. The van der Waals surface area contributed by atoms with Crippen LogP contribution in [0.25, 0.3) is 0 Å². The molecule has 2 atom stereocenters. The van der Waals surface area contributed by atoms with Crippen molar-refractivity contribution in [1.29, 1.82) is 0 Å². The molecule has 1 aliphatic heterocycles. The van der Waals surface area contributed by atoms with Gasteiger partial charge >= 0.3 is 0 Å². The van der Waals surface area contributed by atoms with Crippen LogP contribution >= 0.6 is 11.8 Å². The van der Waals surface area contributed by atoms with E-state index in [0.717, 1.165) is 11.3 Å². The zero-order chi connectivity index (χ0) is 13.4. The summed E-state index contributed by atoms with van der Waals surface area (Å²) in [6, 6.07) is 10.2. The molecule has 2 heterocycles. The van der Waals surface area contributed by atoms with Crippen molar-refractivity contribution in [1.82, 2.24) is 10.2 Å². The zero-order valence-corrected chi connectivity index (χ0v) is 11.6. The number of anilines is 1. The van der Waals surface area contributed by atoms with Crippen molar-refractivity contribution in [2.45, 2.75) is 24.3 Å². The molecule has 5 heteroatoms. The van der Waals surface area contributed by atoms with Gasteiger partial charge in [-0.25, -0.2) is 0 Å². The first-order chi connectivity index (χ1) is 9.16. The van der Waals surface area contributed by atoms with E-state index in [1.54, 1.807) is 11.8 Å². The number of amides is 1. The molecule has 1 aromatic carbocycles.